The van der Waals surface area contributed by atoms with E-state index in [9.17, 15) is 4.79 Å². The van der Waals surface area contributed by atoms with Crippen LogP contribution in [0.4, 0.5) is 17.5 Å². The summed E-state index contributed by atoms with van der Waals surface area (Å²) in [4.78, 5) is 23.8. The van der Waals surface area contributed by atoms with Crippen molar-refractivity contribution >= 4 is 23.4 Å². The number of benzene rings is 1. The molecule has 0 saturated carbocycles. The molecule has 0 bridgehead atoms. The Balaban J connectivity index is 2.01. The smallest absolute Gasteiger partial charge is 0.322 e. The maximum atomic E-state index is 10.9. The minimum atomic E-state index is -0.977. The van der Waals surface area contributed by atoms with Gasteiger partial charge in [0.1, 0.15) is 12.4 Å². The van der Waals surface area contributed by atoms with E-state index >= 15 is 0 Å². The molecule has 27 heavy (non-hydrogen) atoms. The molecule has 0 aliphatic heterocycles. The number of rotatable bonds is 7. The van der Waals surface area contributed by atoms with Crippen molar-refractivity contribution in [2.75, 3.05) is 17.2 Å². The van der Waals surface area contributed by atoms with Crippen LogP contribution in [0.5, 0.6) is 0 Å². The molecule has 0 aliphatic carbocycles. The Morgan fingerprint density at radius 1 is 1.15 bits per heavy atom. The minimum Gasteiger partial charge on any atom is -0.480 e. The zero-order valence-corrected chi connectivity index (χ0v) is 15.2. The number of nitrogens with zero attached hydrogens (tertiary/aromatic N) is 3. The first-order chi connectivity index (χ1) is 13.1. The minimum absolute atomic E-state index is 0.251. The SMILES string of the molecule is CCc1cccc(C)c1Nc1cc(-c2ccncc2)nc(NCC(=O)O)n1. The lowest BCUT2D eigenvalue weighted by Crippen LogP contribution is -2.15. The Morgan fingerprint density at radius 3 is 2.63 bits per heavy atom. The molecule has 2 heterocycles. The van der Waals surface area contributed by atoms with Gasteiger partial charge >= 0.3 is 5.97 Å². The molecule has 7 heteroatoms. The third-order valence-corrected chi connectivity index (χ3v) is 4.09. The van der Waals surface area contributed by atoms with Crippen molar-refractivity contribution in [3.63, 3.8) is 0 Å². The highest BCUT2D eigenvalue weighted by atomic mass is 16.4. The highest BCUT2D eigenvalue weighted by Gasteiger charge is 2.11. The normalized spacial score (nSPS) is 10.4. The van der Waals surface area contributed by atoms with Gasteiger partial charge in [-0.25, -0.2) is 4.98 Å². The monoisotopic (exact) mass is 363 g/mol. The fourth-order valence-electron chi connectivity index (χ4n) is 2.75. The van der Waals surface area contributed by atoms with E-state index in [1.165, 1.54) is 5.56 Å². The van der Waals surface area contributed by atoms with Crippen molar-refractivity contribution in [2.24, 2.45) is 0 Å². The first-order valence-electron chi connectivity index (χ1n) is 8.67. The molecule has 0 aliphatic rings. The maximum absolute atomic E-state index is 10.9. The van der Waals surface area contributed by atoms with Crippen LogP contribution in [0.25, 0.3) is 11.3 Å². The lowest BCUT2D eigenvalue weighted by molar-refractivity contribution is -0.134. The van der Waals surface area contributed by atoms with Crippen molar-refractivity contribution in [1.82, 2.24) is 15.0 Å². The lowest BCUT2D eigenvalue weighted by atomic mass is 10.1. The molecular formula is C20H21N5O2. The predicted molar refractivity (Wildman–Crippen MR) is 105 cm³/mol. The van der Waals surface area contributed by atoms with Crippen LogP contribution in [-0.4, -0.2) is 32.6 Å². The summed E-state index contributed by atoms with van der Waals surface area (Å²) in [6.45, 7) is 3.88. The second kappa shape index (κ2) is 8.27. The number of anilines is 3. The summed E-state index contributed by atoms with van der Waals surface area (Å²) < 4.78 is 0. The maximum Gasteiger partial charge on any atom is 0.322 e. The lowest BCUT2D eigenvalue weighted by Gasteiger charge is -2.15. The summed E-state index contributed by atoms with van der Waals surface area (Å²) >= 11 is 0. The summed E-state index contributed by atoms with van der Waals surface area (Å²) in [7, 11) is 0. The number of carboxylic acid groups (broad SMARTS) is 1. The Labute approximate surface area is 157 Å². The van der Waals surface area contributed by atoms with Crippen LogP contribution >= 0.6 is 0 Å². The van der Waals surface area contributed by atoms with Crippen LogP contribution in [-0.2, 0) is 11.2 Å². The molecule has 0 unspecified atom stereocenters. The van der Waals surface area contributed by atoms with Gasteiger partial charge in [0, 0.05) is 29.7 Å². The molecule has 1 aromatic carbocycles. The highest BCUT2D eigenvalue weighted by molar-refractivity contribution is 5.73. The van der Waals surface area contributed by atoms with E-state index in [-0.39, 0.29) is 12.5 Å². The largest absolute Gasteiger partial charge is 0.480 e. The molecule has 138 valence electrons. The van der Waals surface area contributed by atoms with Gasteiger partial charge in [0.05, 0.1) is 5.69 Å². The molecule has 2 aromatic heterocycles. The number of aryl methyl sites for hydroxylation is 2. The van der Waals surface area contributed by atoms with E-state index in [1.807, 2.05) is 37.3 Å². The molecular weight excluding hydrogens is 342 g/mol. The third-order valence-electron chi connectivity index (χ3n) is 4.09. The van der Waals surface area contributed by atoms with Crippen molar-refractivity contribution in [1.29, 1.82) is 0 Å². The van der Waals surface area contributed by atoms with Crippen LogP contribution in [0.1, 0.15) is 18.1 Å². The zero-order chi connectivity index (χ0) is 19.2. The Hall–Kier alpha value is -3.48. The molecule has 0 saturated heterocycles. The van der Waals surface area contributed by atoms with Crippen molar-refractivity contribution < 1.29 is 9.90 Å². The van der Waals surface area contributed by atoms with Gasteiger partial charge in [-0.1, -0.05) is 25.1 Å². The summed E-state index contributed by atoms with van der Waals surface area (Å²) in [6.07, 6.45) is 4.26. The van der Waals surface area contributed by atoms with E-state index in [2.05, 4.69) is 38.6 Å². The van der Waals surface area contributed by atoms with Gasteiger partial charge in [-0.15, -0.1) is 0 Å². The zero-order valence-electron chi connectivity index (χ0n) is 15.2. The summed E-state index contributed by atoms with van der Waals surface area (Å²) in [5, 5.41) is 15.1. The second-order valence-electron chi connectivity index (χ2n) is 6.03. The Morgan fingerprint density at radius 2 is 1.93 bits per heavy atom. The summed E-state index contributed by atoms with van der Waals surface area (Å²) in [5.74, 6) is -0.135. The van der Waals surface area contributed by atoms with E-state index in [0.717, 1.165) is 23.2 Å². The molecule has 0 fully saturated rings. The molecule has 3 N–H and O–H groups in total. The van der Waals surface area contributed by atoms with Crippen LogP contribution in [0, 0.1) is 6.92 Å². The van der Waals surface area contributed by atoms with E-state index < -0.39 is 5.97 Å². The van der Waals surface area contributed by atoms with Crippen LogP contribution < -0.4 is 10.6 Å². The number of nitrogens with one attached hydrogen (secondary N) is 2. The number of para-hydroxylation sites is 1. The van der Waals surface area contributed by atoms with E-state index in [0.29, 0.717) is 11.5 Å². The fraction of sp³-hybridized carbons (Fsp3) is 0.200. The average Bonchev–Trinajstić information content (AvgIpc) is 2.68. The Bertz CT molecular complexity index is 944. The van der Waals surface area contributed by atoms with Crippen molar-refractivity contribution in [3.8, 4) is 11.3 Å². The topological polar surface area (TPSA) is 100 Å². The molecule has 3 aromatic rings. The third kappa shape index (κ3) is 4.58. The van der Waals surface area contributed by atoms with Gasteiger partial charge < -0.3 is 15.7 Å². The van der Waals surface area contributed by atoms with Gasteiger partial charge in [-0.2, -0.15) is 4.98 Å². The molecule has 3 rings (SSSR count). The number of hydrogen-bond acceptors (Lipinski definition) is 6. The molecule has 0 spiro atoms. The van der Waals surface area contributed by atoms with Crippen molar-refractivity contribution in [3.05, 3.63) is 59.9 Å². The van der Waals surface area contributed by atoms with Crippen LogP contribution in [0.2, 0.25) is 0 Å². The molecule has 7 nitrogen and oxygen atoms in total. The number of pyridine rings is 1. The first-order valence-corrected chi connectivity index (χ1v) is 8.67. The summed E-state index contributed by atoms with van der Waals surface area (Å²) in [5.41, 5.74) is 4.84. The van der Waals surface area contributed by atoms with Gasteiger partial charge in [-0.3, -0.25) is 9.78 Å². The van der Waals surface area contributed by atoms with Crippen molar-refractivity contribution in [2.45, 2.75) is 20.3 Å². The van der Waals surface area contributed by atoms with Gasteiger partial charge in [0.15, 0.2) is 0 Å². The molecule has 0 amide bonds. The van der Waals surface area contributed by atoms with Gasteiger partial charge in [-0.05, 0) is 36.6 Å². The number of carbonyl (C=O) groups is 1. The van der Waals surface area contributed by atoms with E-state index in [4.69, 9.17) is 5.11 Å². The van der Waals surface area contributed by atoms with Crippen LogP contribution in [0.3, 0.4) is 0 Å². The predicted octanol–water partition coefficient (Wildman–Crippen LogP) is 3.65. The fourth-order valence-corrected chi connectivity index (χ4v) is 2.75. The standard InChI is InChI=1S/C20H21N5O2/c1-3-14-6-4-5-13(2)19(14)24-17-11-16(15-7-9-21-10-8-15)23-20(25-17)22-12-18(26)27/h4-11H,3,12H2,1-2H3,(H,26,27)(H2,22,23,24,25). The van der Waals surface area contributed by atoms with Gasteiger partial charge in [0.25, 0.3) is 0 Å². The molecule has 0 radical (unpaired) electrons. The number of carboxylic acids is 1. The quantitative estimate of drug-likeness (QED) is 0.589. The second-order valence-corrected chi connectivity index (χ2v) is 6.03. The average molecular weight is 363 g/mol. The number of hydrogen-bond donors (Lipinski definition) is 3. The van der Waals surface area contributed by atoms with E-state index in [1.54, 1.807) is 12.4 Å². The summed E-state index contributed by atoms with van der Waals surface area (Å²) in [6, 6.07) is 11.7. The molecule has 0 atom stereocenters. The van der Waals surface area contributed by atoms with Gasteiger partial charge in [0.2, 0.25) is 5.95 Å². The first kappa shape index (κ1) is 18.3. The highest BCUT2D eigenvalue weighted by Crippen LogP contribution is 2.27. The number of aromatic nitrogens is 3. The Kier molecular flexibility index (Phi) is 5.61. The van der Waals surface area contributed by atoms with Crippen LogP contribution in [0.15, 0.2) is 48.8 Å². The number of aliphatic carboxylic acids is 1.